The van der Waals surface area contributed by atoms with Gasteiger partial charge in [-0.05, 0) is 46.5 Å². The van der Waals surface area contributed by atoms with Crippen LogP contribution in [0.2, 0.25) is 0 Å². The van der Waals surface area contributed by atoms with E-state index in [4.69, 9.17) is 9.47 Å². The molecule has 0 aliphatic carbocycles. The molecule has 3 heterocycles. The third kappa shape index (κ3) is 2.31. The van der Waals surface area contributed by atoms with Crippen LogP contribution in [-0.2, 0) is 9.47 Å². The predicted molar refractivity (Wildman–Crippen MR) is 75.7 cm³/mol. The largest absolute Gasteiger partial charge is 0.444 e. The van der Waals surface area contributed by atoms with Crippen molar-refractivity contribution < 1.29 is 14.3 Å². The van der Waals surface area contributed by atoms with Gasteiger partial charge in [0.05, 0.1) is 11.6 Å². The van der Waals surface area contributed by atoms with Gasteiger partial charge in [0.2, 0.25) is 0 Å². The van der Waals surface area contributed by atoms with Crippen LogP contribution in [0.15, 0.2) is 0 Å². The lowest BCUT2D eigenvalue weighted by molar-refractivity contribution is -0.0604. The normalized spacial score (nSPS) is 37.2. The summed E-state index contributed by atoms with van der Waals surface area (Å²) >= 11 is 0. The van der Waals surface area contributed by atoms with E-state index in [0.29, 0.717) is 0 Å². The average Bonchev–Trinajstić information content (AvgIpc) is 2.93. The fraction of sp³-hybridized carbons (Fsp3) is 0.933. The van der Waals surface area contributed by atoms with E-state index in [-0.39, 0.29) is 23.8 Å². The van der Waals surface area contributed by atoms with Gasteiger partial charge in [0.1, 0.15) is 5.60 Å². The Bertz CT molecular complexity index is 383. The standard InChI is InChI=1S/C15H26N2O3/c1-14(2,3)20-13(18)17-11-6-7-15(17,10-16-9-11)12-5-4-8-19-12/h11-12,16H,4-10H2,1-3H3/t11?,12-,15?/m0/s1. The predicted octanol–water partition coefficient (Wildman–Crippen LogP) is 1.91. The molecule has 3 fully saturated rings. The first-order chi connectivity index (χ1) is 9.42. The molecule has 5 heteroatoms. The summed E-state index contributed by atoms with van der Waals surface area (Å²) in [6.45, 7) is 8.29. The maximum atomic E-state index is 12.7. The molecule has 3 aliphatic rings. The van der Waals surface area contributed by atoms with Gasteiger partial charge in [-0.3, -0.25) is 4.90 Å². The molecule has 5 nitrogen and oxygen atoms in total. The molecule has 3 aliphatic heterocycles. The number of hydrogen-bond acceptors (Lipinski definition) is 4. The van der Waals surface area contributed by atoms with Gasteiger partial charge in [-0.15, -0.1) is 0 Å². The first kappa shape index (κ1) is 14.1. The van der Waals surface area contributed by atoms with Crippen molar-refractivity contribution in [1.82, 2.24) is 10.2 Å². The summed E-state index contributed by atoms with van der Waals surface area (Å²) in [7, 11) is 0. The summed E-state index contributed by atoms with van der Waals surface area (Å²) < 4.78 is 11.6. The molecule has 0 aromatic heterocycles. The number of nitrogens with zero attached hydrogens (tertiary/aromatic N) is 1. The lowest BCUT2D eigenvalue weighted by atomic mass is 9.87. The van der Waals surface area contributed by atoms with E-state index in [1.165, 1.54) is 0 Å². The van der Waals surface area contributed by atoms with Crippen molar-refractivity contribution in [3.05, 3.63) is 0 Å². The zero-order valence-corrected chi connectivity index (χ0v) is 12.8. The summed E-state index contributed by atoms with van der Waals surface area (Å²) in [5.74, 6) is 0. The number of ether oxygens (including phenoxy) is 2. The fourth-order valence-electron chi connectivity index (χ4n) is 3.93. The van der Waals surface area contributed by atoms with Crippen molar-refractivity contribution in [3.63, 3.8) is 0 Å². The number of carbonyl (C=O) groups excluding carboxylic acids is 1. The number of rotatable bonds is 1. The maximum Gasteiger partial charge on any atom is 0.411 e. The number of carbonyl (C=O) groups is 1. The highest BCUT2D eigenvalue weighted by Gasteiger charge is 2.57. The zero-order chi connectivity index (χ0) is 14.4. The minimum Gasteiger partial charge on any atom is -0.444 e. The molecule has 0 aromatic carbocycles. The molecule has 114 valence electrons. The second-order valence-electron chi connectivity index (χ2n) is 7.28. The van der Waals surface area contributed by atoms with Crippen molar-refractivity contribution in [2.24, 2.45) is 0 Å². The fourth-order valence-corrected chi connectivity index (χ4v) is 3.93. The molecular weight excluding hydrogens is 256 g/mol. The van der Waals surface area contributed by atoms with Crippen LogP contribution < -0.4 is 5.32 Å². The second kappa shape index (κ2) is 4.88. The Kier molecular flexibility index (Phi) is 3.45. The Morgan fingerprint density at radius 2 is 2.20 bits per heavy atom. The van der Waals surface area contributed by atoms with Gasteiger partial charge in [-0.1, -0.05) is 0 Å². The number of fused-ring (bicyclic) bond motifs is 2. The lowest BCUT2D eigenvalue weighted by Gasteiger charge is -2.47. The maximum absolute atomic E-state index is 12.7. The molecular formula is C15H26N2O3. The molecule has 1 N–H and O–H groups in total. The summed E-state index contributed by atoms with van der Waals surface area (Å²) in [6, 6.07) is 0.253. The van der Waals surface area contributed by atoms with Crippen LogP contribution >= 0.6 is 0 Å². The van der Waals surface area contributed by atoms with Crippen molar-refractivity contribution >= 4 is 6.09 Å². The van der Waals surface area contributed by atoms with Gasteiger partial charge >= 0.3 is 6.09 Å². The van der Waals surface area contributed by atoms with Crippen molar-refractivity contribution in [3.8, 4) is 0 Å². The van der Waals surface area contributed by atoms with E-state index in [1.807, 2.05) is 25.7 Å². The smallest absolute Gasteiger partial charge is 0.411 e. The zero-order valence-electron chi connectivity index (χ0n) is 12.8. The summed E-state index contributed by atoms with van der Waals surface area (Å²) in [4.78, 5) is 14.7. The minimum atomic E-state index is -0.445. The Labute approximate surface area is 121 Å². The second-order valence-corrected chi connectivity index (χ2v) is 7.28. The Balaban J connectivity index is 1.84. The molecule has 2 unspecified atom stereocenters. The van der Waals surface area contributed by atoms with Gasteiger partial charge in [0, 0.05) is 25.7 Å². The molecule has 2 bridgehead atoms. The number of nitrogens with one attached hydrogen (secondary N) is 1. The summed E-state index contributed by atoms with van der Waals surface area (Å²) in [6.07, 6.45) is 4.21. The molecule has 3 atom stereocenters. The Hall–Kier alpha value is -0.810. The molecule has 1 amide bonds. The van der Waals surface area contributed by atoms with Gasteiger partial charge in [0.15, 0.2) is 0 Å². The Morgan fingerprint density at radius 1 is 1.40 bits per heavy atom. The topological polar surface area (TPSA) is 50.8 Å². The van der Waals surface area contributed by atoms with Crippen LogP contribution in [0, 0.1) is 0 Å². The Morgan fingerprint density at radius 3 is 2.85 bits per heavy atom. The summed E-state index contributed by atoms with van der Waals surface area (Å²) in [5.41, 5.74) is -0.638. The van der Waals surface area contributed by atoms with Crippen LogP contribution in [0.25, 0.3) is 0 Å². The highest BCUT2D eigenvalue weighted by atomic mass is 16.6. The third-order valence-electron chi connectivity index (χ3n) is 4.69. The number of amides is 1. The van der Waals surface area contributed by atoms with E-state index in [2.05, 4.69) is 5.32 Å². The first-order valence-electron chi connectivity index (χ1n) is 7.77. The molecule has 0 aromatic rings. The quantitative estimate of drug-likeness (QED) is 0.798. The van der Waals surface area contributed by atoms with E-state index >= 15 is 0 Å². The van der Waals surface area contributed by atoms with E-state index < -0.39 is 5.60 Å². The van der Waals surface area contributed by atoms with Crippen LogP contribution in [0.4, 0.5) is 4.79 Å². The molecule has 3 rings (SSSR count). The average molecular weight is 282 g/mol. The minimum absolute atomic E-state index is 0.160. The van der Waals surface area contributed by atoms with Crippen molar-refractivity contribution in [2.45, 2.75) is 69.7 Å². The molecule has 3 saturated heterocycles. The van der Waals surface area contributed by atoms with Gasteiger partial charge in [-0.2, -0.15) is 0 Å². The van der Waals surface area contributed by atoms with Crippen molar-refractivity contribution in [1.29, 1.82) is 0 Å². The highest BCUT2D eigenvalue weighted by molar-refractivity contribution is 5.71. The van der Waals surface area contributed by atoms with Crippen LogP contribution in [0.5, 0.6) is 0 Å². The van der Waals surface area contributed by atoms with Gasteiger partial charge in [-0.25, -0.2) is 4.79 Å². The van der Waals surface area contributed by atoms with E-state index in [9.17, 15) is 4.79 Å². The van der Waals surface area contributed by atoms with Crippen LogP contribution in [-0.4, -0.2) is 54.0 Å². The first-order valence-corrected chi connectivity index (χ1v) is 7.77. The van der Waals surface area contributed by atoms with Gasteiger partial charge < -0.3 is 14.8 Å². The lowest BCUT2D eigenvalue weighted by Crippen LogP contribution is -2.67. The molecule has 0 saturated carbocycles. The van der Waals surface area contributed by atoms with E-state index in [1.54, 1.807) is 0 Å². The SMILES string of the molecule is CC(C)(C)OC(=O)N1C2CCC1([C@@H]1CCCO1)CNC2. The van der Waals surface area contributed by atoms with Gasteiger partial charge in [0.25, 0.3) is 0 Å². The molecule has 0 spiro atoms. The summed E-state index contributed by atoms with van der Waals surface area (Å²) in [5, 5.41) is 3.48. The monoisotopic (exact) mass is 282 g/mol. The molecule has 0 radical (unpaired) electrons. The van der Waals surface area contributed by atoms with Crippen molar-refractivity contribution in [2.75, 3.05) is 19.7 Å². The number of piperazine rings is 1. The van der Waals surface area contributed by atoms with E-state index in [0.717, 1.165) is 45.4 Å². The third-order valence-corrected chi connectivity index (χ3v) is 4.69. The number of hydrogen-bond donors (Lipinski definition) is 1. The molecule has 20 heavy (non-hydrogen) atoms. The van der Waals surface area contributed by atoms with Crippen LogP contribution in [0.3, 0.4) is 0 Å². The highest BCUT2D eigenvalue weighted by Crippen LogP contribution is 2.43. The van der Waals surface area contributed by atoms with Crippen LogP contribution in [0.1, 0.15) is 46.5 Å².